The fourth-order valence-electron chi connectivity index (χ4n) is 2.28. The first-order valence-corrected chi connectivity index (χ1v) is 9.03. The Morgan fingerprint density at radius 2 is 2.22 bits per heavy atom. The molecular formula is C15H22N2O5S. The molecular weight excluding hydrogens is 320 g/mol. The monoisotopic (exact) mass is 342 g/mol. The third kappa shape index (κ3) is 4.66. The molecule has 0 spiro atoms. The Labute approximate surface area is 136 Å². The van der Waals surface area contributed by atoms with Crippen LogP contribution in [-0.2, 0) is 19.6 Å². The summed E-state index contributed by atoms with van der Waals surface area (Å²) >= 11 is 0. The fourth-order valence-corrected chi connectivity index (χ4v) is 3.37. The average molecular weight is 342 g/mol. The van der Waals surface area contributed by atoms with Crippen LogP contribution in [0.4, 0.5) is 5.69 Å². The molecule has 1 heterocycles. The Morgan fingerprint density at radius 1 is 1.43 bits per heavy atom. The third-order valence-electron chi connectivity index (χ3n) is 3.60. The van der Waals surface area contributed by atoms with Crippen molar-refractivity contribution in [3.63, 3.8) is 0 Å². The topological polar surface area (TPSA) is 93.7 Å². The van der Waals surface area contributed by atoms with E-state index in [4.69, 9.17) is 9.47 Å². The Balaban J connectivity index is 2.16. The van der Waals surface area contributed by atoms with Gasteiger partial charge in [-0.05, 0) is 31.0 Å². The number of amides is 1. The molecule has 0 bridgehead atoms. The SMILES string of the molecule is CCC(=O)Nc1cc(S(=O)(=O)NC[C@@H]2CCCO2)ccc1OC. The zero-order valence-corrected chi connectivity index (χ0v) is 14.1. The van der Waals surface area contributed by atoms with Gasteiger partial charge < -0.3 is 14.8 Å². The van der Waals surface area contributed by atoms with E-state index in [1.807, 2.05) is 0 Å². The highest BCUT2D eigenvalue weighted by atomic mass is 32.2. The normalized spacial score (nSPS) is 17.9. The van der Waals surface area contributed by atoms with E-state index < -0.39 is 10.0 Å². The summed E-state index contributed by atoms with van der Waals surface area (Å²) in [6.45, 7) is 2.62. The molecule has 2 N–H and O–H groups in total. The minimum absolute atomic E-state index is 0.0719. The lowest BCUT2D eigenvalue weighted by Crippen LogP contribution is -2.31. The third-order valence-corrected chi connectivity index (χ3v) is 5.02. The molecule has 7 nitrogen and oxygen atoms in total. The van der Waals surface area contributed by atoms with E-state index in [0.29, 0.717) is 18.0 Å². The van der Waals surface area contributed by atoms with Gasteiger partial charge in [-0.2, -0.15) is 0 Å². The number of methoxy groups -OCH3 is 1. The molecule has 1 aromatic carbocycles. The van der Waals surface area contributed by atoms with Gasteiger partial charge in [0.25, 0.3) is 0 Å². The quantitative estimate of drug-likeness (QED) is 0.783. The maximum atomic E-state index is 12.4. The fraction of sp³-hybridized carbons (Fsp3) is 0.533. The van der Waals surface area contributed by atoms with Crippen LogP contribution in [0, 0.1) is 0 Å². The van der Waals surface area contributed by atoms with Crippen LogP contribution in [0.25, 0.3) is 0 Å². The first-order valence-electron chi connectivity index (χ1n) is 7.55. The lowest BCUT2D eigenvalue weighted by Gasteiger charge is -2.14. The first-order chi connectivity index (χ1) is 11.0. The van der Waals surface area contributed by atoms with Crippen molar-refractivity contribution in [2.75, 3.05) is 25.6 Å². The van der Waals surface area contributed by atoms with Crippen molar-refractivity contribution in [3.05, 3.63) is 18.2 Å². The number of sulfonamides is 1. The number of carbonyl (C=O) groups excluding carboxylic acids is 1. The second kappa shape index (κ2) is 7.76. The van der Waals surface area contributed by atoms with Crippen molar-refractivity contribution in [2.24, 2.45) is 0 Å². The van der Waals surface area contributed by atoms with E-state index in [2.05, 4.69) is 10.0 Å². The summed E-state index contributed by atoms with van der Waals surface area (Å²) in [5.74, 6) is 0.190. The molecule has 1 aliphatic heterocycles. The van der Waals surface area contributed by atoms with Crippen LogP contribution in [0.15, 0.2) is 23.1 Å². The Bertz CT molecular complexity index is 654. The van der Waals surface area contributed by atoms with Gasteiger partial charge in [0.2, 0.25) is 15.9 Å². The number of hydrogen-bond donors (Lipinski definition) is 2. The molecule has 1 fully saturated rings. The smallest absolute Gasteiger partial charge is 0.240 e. The molecule has 1 amide bonds. The van der Waals surface area contributed by atoms with Gasteiger partial charge in [-0.15, -0.1) is 0 Å². The predicted molar refractivity (Wildman–Crippen MR) is 86.1 cm³/mol. The molecule has 1 atom stereocenters. The summed E-state index contributed by atoms with van der Waals surface area (Å²) in [5.41, 5.74) is 0.333. The zero-order chi connectivity index (χ0) is 16.9. The minimum atomic E-state index is -3.67. The molecule has 8 heteroatoms. The van der Waals surface area contributed by atoms with E-state index in [0.717, 1.165) is 12.8 Å². The number of nitrogens with one attached hydrogen (secondary N) is 2. The van der Waals surface area contributed by atoms with Crippen LogP contribution in [-0.4, -0.2) is 40.7 Å². The summed E-state index contributed by atoms with van der Waals surface area (Å²) in [6.07, 6.45) is 2.00. The molecule has 23 heavy (non-hydrogen) atoms. The van der Waals surface area contributed by atoms with Gasteiger partial charge in [-0.25, -0.2) is 13.1 Å². The average Bonchev–Trinajstić information content (AvgIpc) is 3.06. The zero-order valence-electron chi connectivity index (χ0n) is 13.3. The van der Waals surface area contributed by atoms with Crippen molar-refractivity contribution in [1.82, 2.24) is 4.72 Å². The van der Waals surface area contributed by atoms with Gasteiger partial charge in [-0.1, -0.05) is 6.92 Å². The minimum Gasteiger partial charge on any atom is -0.495 e. The van der Waals surface area contributed by atoms with Gasteiger partial charge in [0, 0.05) is 19.6 Å². The van der Waals surface area contributed by atoms with Gasteiger partial charge in [0.1, 0.15) is 5.75 Å². The van der Waals surface area contributed by atoms with Crippen molar-refractivity contribution >= 4 is 21.6 Å². The first kappa shape index (κ1) is 17.7. The number of benzene rings is 1. The molecule has 1 aromatic rings. The summed E-state index contributed by atoms with van der Waals surface area (Å²) in [7, 11) is -2.22. The predicted octanol–water partition coefficient (Wildman–Crippen LogP) is 1.50. The number of rotatable bonds is 7. The number of ether oxygens (including phenoxy) is 2. The van der Waals surface area contributed by atoms with Crippen LogP contribution < -0.4 is 14.8 Å². The van der Waals surface area contributed by atoms with Crippen molar-refractivity contribution < 1.29 is 22.7 Å². The second-order valence-corrected chi connectivity index (χ2v) is 7.02. The standard InChI is InChI=1S/C15H22N2O5S/c1-3-15(18)17-13-9-12(6-7-14(13)21-2)23(19,20)16-10-11-5-4-8-22-11/h6-7,9,11,16H,3-5,8,10H2,1-2H3,(H,17,18)/t11-/m0/s1. The molecule has 0 saturated carbocycles. The van der Waals surface area contributed by atoms with E-state index in [1.165, 1.54) is 25.3 Å². The van der Waals surface area contributed by atoms with E-state index in [9.17, 15) is 13.2 Å². The summed E-state index contributed by atoms with van der Waals surface area (Å²) < 4.78 is 37.9. The number of hydrogen-bond acceptors (Lipinski definition) is 5. The molecule has 128 valence electrons. The lowest BCUT2D eigenvalue weighted by molar-refractivity contribution is -0.115. The summed E-state index contributed by atoms with van der Waals surface area (Å²) in [4.78, 5) is 11.6. The Hall–Kier alpha value is -1.64. The molecule has 1 aliphatic rings. The van der Waals surface area contributed by atoms with Crippen molar-refractivity contribution in [3.8, 4) is 5.75 Å². The maximum Gasteiger partial charge on any atom is 0.240 e. The van der Waals surface area contributed by atoms with Gasteiger partial charge in [0.15, 0.2) is 0 Å². The molecule has 1 saturated heterocycles. The van der Waals surface area contributed by atoms with Crippen molar-refractivity contribution in [2.45, 2.75) is 37.2 Å². The molecule has 0 aliphatic carbocycles. The largest absolute Gasteiger partial charge is 0.495 e. The summed E-state index contributed by atoms with van der Waals surface area (Å²) in [6, 6.07) is 4.36. The molecule has 0 aromatic heterocycles. The van der Waals surface area contributed by atoms with E-state index in [1.54, 1.807) is 6.92 Å². The van der Waals surface area contributed by atoms with E-state index >= 15 is 0 Å². The van der Waals surface area contributed by atoms with Crippen LogP contribution in [0.2, 0.25) is 0 Å². The van der Waals surface area contributed by atoms with Crippen LogP contribution in [0.1, 0.15) is 26.2 Å². The highest BCUT2D eigenvalue weighted by Gasteiger charge is 2.21. The molecule has 0 unspecified atom stereocenters. The maximum absolute atomic E-state index is 12.4. The van der Waals surface area contributed by atoms with Gasteiger partial charge in [-0.3, -0.25) is 4.79 Å². The molecule has 2 rings (SSSR count). The van der Waals surface area contributed by atoms with Crippen LogP contribution in [0.3, 0.4) is 0 Å². The highest BCUT2D eigenvalue weighted by Crippen LogP contribution is 2.27. The number of carbonyl (C=O) groups is 1. The van der Waals surface area contributed by atoms with Crippen molar-refractivity contribution in [1.29, 1.82) is 0 Å². The van der Waals surface area contributed by atoms with Crippen LogP contribution in [0.5, 0.6) is 5.75 Å². The van der Waals surface area contributed by atoms with Gasteiger partial charge >= 0.3 is 0 Å². The van der Waals surface area contributed by atoms with Gasteiger partial charge in [0.05, 0.1) is 23.8 Å². The molecule has 0 radical (unpaired) electrons. The Morgan fingerprint density at radius 3 is 2.83 bits per heavy atom. The lowest BCUT2D eigenvalue weighted by atomic mass is 10.2. The van der Waals surface area contributed by atoms with E-state index in [-0.39, 0.29) is 29.9 Å². The Kier molecular flexibility index (Phi) is 5.97. The second-order valence-electron chi connectivity index (χ2n) is 5.25. The highest BCUT2D eigenvalue weighted by molar-refractivity contribution is 7.89. The van der Waals surface area contributed by atoms with Crippen LogP contribution >= 0.6 is 0 Å². The summed E-state index contributed by atoms with van der Waals surface area (Å²) in [5, 5.41) is 2.64. The number of anilines is 1.